The van der Waals surface area contributed by atoms with Crippen LogP contribution in [0.3, 0.4) is 0 Å². The molecule has 0 saturated carbocycles. The summed E-state index contributed by atoms with van der Waals surface area (Å²) < 4.78 is 0. The fraction of sp³-hybridized carbons (Fsp3) is 0.182. The average Bonchev–Trinajstić information content (AvgIpc) is 3.64. The topological polar surface area (TPSA) is 96.0 Å². The standard InChI is InChI=1S/C33H27N7/c1-16(2)32-37-28-21-7-5-18(11-23(21)20-9-10-34-13-25(20)30(28)39-32)19-6-8-22-24(12-19)26-14-35-15-36-27(26)31-29(22)38-33(40-31)17(3)4/h5-17H,1-4H3,(H,37,39)(H,38,40). The van der Waals surface area contributed by atoms with E-state index in [1.165, 1.54) is 5.39 Å². The summed E-state index contributed by atoms with van der Waals surface area (Å²) in [5, 5.41) is 7.80. The molecule has 40 heavy (non-hydrogen) atoms. The van der Waals surface area contributed by atoms with Gasteiger partial charge in [0.05, 0.1) is 16.6 Å². The summed E-state index contributed by atoms with van der Waals surface area (Å²) in [7, 11) is 0. The fourth-order valence-corrected chi connectivity index (χ4v) is 5.95. The number of hydrogen-bond acceptors (Lipinski definition) is 5. The van der Waals surface area contributed by atoms with Crippen molar-refractivity contribution in [3.05, 3.63) is 79.0 Å². The highest BCUT2D eigenvalue weighted by molar-refractivity contribution is 6.24. The van der Waals surface area contributed by atoms with Crippen molar-refractivity contribution in [3.8, 4) is 11.1 Å². The van der Waals surface area contributed by atoms with Crippen molar-refractivity contribution < 1.29 is 0 Å². The van der Waals surface area contributed by atoms with Crippen molar-refractivity contribution in [3.63, 3.8) is 0 Å². The van der Waals surface area contributed by atoms with E-state index < -0.39 is 0 Å². The monoisotopic (exact) mass is 521 g/mol. The molecule has 7 heteroatoms. The van der Waals surface area contributed by atoms with Gasteiger partial charge in [0, 0.05) is 52.0 Å². The number of H-pyrrole nitrogens is 2. The lowest BCUT2D eigenvalue weighted by molar-refractivity contribution is 0.799. The lowest BCUT2D eigenvalue weighted by atomic mass is 9.94. The Morgan fingerprint density at radius 3 is 1.80 bits per heavy atom. The molecule has 8 rings (SSSR count). The third-order valence-corrected chi connectivity index (χ3v) is 8.04. The minimum atomic E-state index is 0.291. The number of benzene rings is 4. The zero-order valence-corrected chi connectivity index (χ0v) is 22.7. The van der Waals surface area contributed by atoms with Gasteiger partial charge in [0.1, 0.15) is 29.0 Å². The Morgan fingerprint density at radius 1 is 0.550 bits per heavy atom. The Bertz CT molecular complexity index is 2130. The highest BCUT2D eigenvalue weighted by Gasteiger charge is 2.18. The summed E-state index contributed by atoms with van der Waals surface area (Å²) in [4.78, 5) is 30.5. The number of hydrogen-bond donors (Lipinski definition) is 2. The molecular formula is C33H27N7. The predicted octanol–water partition coefficient (Wildman–Crippen LogP) is 8.15. The molecule has 0 unspecified atom stereocenters. The first kappa shape index (κ1) is 23.0. The van der Waals surface area contributed by atoms with Gasteiger partial charge >= 0.3 is 0 Å². The molecule has 0 aliphatic rings. The Morgan fingerprint density at radius 2 is 1.12 bits per heavy atom. The summed E-state index contributed by atoms with van der Waals surface area (Å²) in [5.74, 6) is 2.56. The zero-order chi connectivity index (χ0) is 27.1. The fourth-order valence-electron chi connectivity index (χ4n) is 5.95. The first-order chi connectivity index (χ1) is 19.5. The number of nitrogens with one attached hydrogen (secondary N) is 2. The van der Waals surface area contributed by atoms with Crippen molar-refractivity contribution in [2.75, 3.05) is 0 Å². The number of fused-ring (bicyclic) bond motifs is 12. The second-order valence-electron chi connectivity index (χ2n) is 11.2. The molecule has 0 aliphatic carbocycles. The molecule has 0 aliphatic heterocycles. The Hall–Kier alpha value is -4.91. The van der Waals surface area contributed by atoms with Gasteiger partial charge in [-0.05, 0) is 45.5 Å². The van der Waals surface area contributed by atoms with Crippen LogP contribution < -0.4 is 0 Å². The molecule has 0 amide bonds. The van der Waals surface area contributed by atoms with E-state index in [1.54, 1.807) is 6.33 Å². The smallest absolute Gasteiger partial charge is 0.116 e. The molecule has 0 radical (unpaired) electrons. The Kier molecular flexibility index (Phi) is 4.77. The highest BCUT2D eigenvalue weighted by atomic mass is 14.9. The Labute approximate surface area is 229 Å². The van der Waals surface area contributed by atoms with Gasteiger partial charge in [-0.3, -0.25) is 4.98 Å². The van der Waals surface area contributed by atoms with Crippen LogP contribution in [-0.4, -0.2) is 34.9 Å². The third kappa shape index (κ3) is 3.21. The number of rotatable bonds is 3. The summed E-state index contributed by atoms with van der Waals surface area (Å²) in [6.45, 7) is 8.62. The summed E-state index contributed by atoms with van der Waals surface area (Å²) in [6, 6.07) is 15.5. The summed E-state index contributed by atoms with van der Waals surface area (Å²) in [6.07, 6.45) is 7.29. The molecule has 4 aromatic heterocycles. The van der Waals surface area contributed by atoms with E-state index in [4.69, 9.17) is 9.97 Å². The number of aromatic amines is 2. The van der Waals surface area contributed by atoms with Crippen LogP contribution in [0.5, 0.6) is 0 Å². The van der Waals surface area contributed by atoms with Crippen LogP contribution in [0.15, 0.2) is 67.4 Å². The summed E-state index contributed by atoms with van der Waals surface area (Å²) in [5.41, 5.74) is 7.12. The summed E-state index contributed by atoms with van der Waals surface area (Å²) >= 11 is 0. The lowest BCUT2D eigenvalue weighted by Crippen LogP contribution is -1.89. The number of aromatic nitrogens is 7. The molecule has 8 aromatic rings. The maximum atomic E-state index is 4.96. The van der Waals surface area contributed by atoms with E-state index in [0.717, 1.165) is 82.7 Å². The first-order valence-corrected chi connectivity index (χ1v) is 13.7. The molecule has 4 heterocycles. The van der Waals surface area contributed by atoms with Crippen LogP contribution in [0.4, 0.5) is 0 Å². The number of nitrogens with zero attached hydrogens (tertiary/aromatic N) is 5. The molecule has 194 valence electrons. The largest absolute Gasteiger partial charge is 0.341 e. The van der Waals surface area contributed by atoms with Crippen molar-refractivity contribution in [2.45, 2.75) is 39.5 Å². The van der Waals surface area contributed by atoms with Crippen LogP contribution in [0, 0.1) is 0 Å². The molecule has 7 nitrogen and oxygen atoms in total. The van der Waals surface area contributed by atoms with E-state index in [1.807, 2.05) is 18.6 Å². The van der Waals surface area contributed by atoms with Gasteiger partial charge in [-0.2, -0.15) is 0 Å². The molecule has 0 atom stereocenters. The van der Waals surface area contributed by atoms with Crippen molar-refractivity contribution in [1.29, 1.82) is 0 Å². The molecule has 0 saturated heterocycles. The minimum Gasteiger partial charge on any atom is -0.341 e. The van der Waals surface area contributed by atoms with Crippen LogP contribution in [-0.2, 0) is 0 Å². The maximum Gasteiger partial charge on any atom is 0.116 e. The van der Waals surface area contributed by atoms with E-state index in [9.17, 15) is 0 Å². The normalized spacial score (nSPS) is 12.4. The van der Waals surface area contributed by atoms with E-state index >= 15 is 0 Å². The van der Waals surface area contributed by atoms with E-state index in [0.29, 0.717) is 11.8 Å². The van der Waals surface area contributed by atoms with Gasteiger partial charge in [-0.1, -0.05) is 52.0 Å². The molecule has 0 bridgehead atoms. The van der Waals surface area contributed by atoms with Crippen LogP contribution >= 0.6 is 0 Å². The number of imidazole rings is 2. The van der Waals surface area contributed by atoms with Crippen molar-refractivity contribution in [1.82, 2.24) is 34.9 Å². The average molecular weight is 522 g/mol. The van der Waals surface area contributed by atoms with Crippen LogP contribution in [0.1, 0.15) is 51.2 Å². The molecule has 0 fully saturated rings. The maximum absolute atomic E-state index is 4.96. The third-order valence-electron chi connectivity index (χ3n) is 8.04. The predicted molar refractivity (Wildman–Crippen MR) is 163 cm³/mol. The number of pyridine rings is 1. The van der Waals surface area contributed by atoms with Gasteiger partial charge in [0.2, 0.25) is 0 Å². The first-order valence-electron chi connectivity index (χ1n) is 13.7. The Balaban J connectivity index is 1.41. The second-order valence-corrected chi connectivity index (χ2v) is 11.2. The van der Waals surface area contributed by atoms with Gasteiger partial charge < -0.3 is 9.97 Å². The van der Waals surface area contributed by atoms with Gasteiger partial charge in [0.25, 0.3) is 0 Å². The molecule has 4 aromatic carbocycles. The molecule has 0 spiro atoms. The zero-order valence-electron chi connectivity index (χ0n) is 22.7. The minimum absolute atomic E-state index is 0.291. The lowest BCUT2D eigenvalue weighted by Gasteiger charge is -2.11. The molecular weight excluding hydrogens is 494 g/mol. The van der Waals surface area contributed by atoms with Gasteiger partial charge in [-0.15, -0.1) is 0 Å². The van der Waals surface area contributed by atoms with Crippen molar-refractivity contribution >= 4 is 65.3 Å². The van der Waals surface area contributed by atoms with Gasteiger partial charge in [0.15, 0.2) is 0 Å². The van der Waals surface area contributed by atoms with E-state index in [-0.39, 0.29) is 0 Å². The quantitative estimate of drug-likeness (QED) is 0.229. The second kappa shape index (κ2) is 8.29. The van der Waals surface area contributed by atoms with Crippen molar-refractivity contribution in [2.24, 2.45) is 0 Å². The highest BCUT2D eigenvalue weighted by Crippen LogP contribution is 2.39. The van der Waals surface area contributed by atoms with E-state index in [2.05, 4.69) is 95.1 Å². The van der Waals surface area contributed by atoms with Crippen LogP contribution in [0.25, 0.3) is 76.4 Å². The molecule has 2 N–H and O–H groups in total. The van der Waals surface area contributed by atoms with Crippen LogP contribution in [0.2, 0.25) is 0 Å². The SMILES string of the molecule is CC(C)c1nc2c3cnccc3c3cc(-c4ccc5c(c4)c4cncnc4c4nc(C(C)C)[nH]c54)ccc3c2[nH]1. The van der Waals surface area contributed by atoms with Gasteiger partial charge in [-0.25, -0.2) is 19.9 Å².